The van der Waals surface area contributed by atoms with Crippen LogP contribution in [0.25, 0.3) is 0 Å². The molecule has 0 aromatic heterocycles. The van der Waals surface area contributed by atoms with Gasteiger partial charge in [0, 0.05) is 0 Å². The first-order chi connectivity index (χ1) is 14.0. The molecular formula is C24H34O5. The molecule has 1 saturated carbocycles. The van der Waals surface area contributed by atoms with Crippen LogP contribution in [0.4, 0.5) is 0 Å². The van der Waals surface area contributed by atoms with Gasteiger partial charge in [-0.25, -0.2) is 0 Å². The average molecular weight is 403 g/mol. The average Bonchev–Trinajstić information content (AvgIpc) is 2.75. The smallest absolute Gasteiger partial charge is 0.160 e. The molecule has 0 spiro atoms. The maximum atomic E-state index is 11.0. The lowest BCUT2D eigenvalue weighted by atomic mass is 9.74. The number of hydrogen-bond donors (Lipinski definition) is 3. The minimum Gasteiger partial charge on any atom is -0.504 e. The monoisotopic (exact) mass is 402 g/mol. The summed E-state index contributed by atoms with van der Waals surface area (Å²) in [4.78, 5) is 0. The van der Waals surface area contributed by atoms with Crippen LogP contribution in [-0.2, 0) is 12.8 Å². The Kier molecular flexibility index (Phi) is 8.65. The number of aromatic hydroxyl groups is 2. The molecule has 0 saturated heterocycles. The number of benzene rings is 2. The summed E-state index contributed by atoms with van der Waals surface area (Å²) in [6.07, 6.45) is 4.18. The van der Waals surface area contributed by atoms with E-state index >= 15 is 0 Å². The zero-order chi connectivity index (χ0) is 21.4. The van der Waals surface area contributed by atoms with Crippen molar-refractivity contribution in [2.45, 2.75) is 52.1 Å². The number of phenols is 2. The molecule has 3 rings (SSSR count). The Bertz CT molecular complexity index is 710. The summed E-state index contributed by atoms with van der Waals surface area (Å²) in [5, 5.41) is 30.5. The number of rotatable bonds is 6. The molecule has 1 aliphatic rings. The van der Waals surface area contributed by atoms with E-state index in [1.54, 1.807) is 12.1 Å². The largest absolute Gasteiger partial charge is 0.504 e. The Hall–Kier alpha value is -2.40. The molecule has 5 heteroatoms. The molecule has 29 heavy (non-hydrogen) atoms. The van der Waals surface area contributed by atoms with Gasteiger partial charge in [-0.05, 0) is 72.9 Å². The van der Waals surface area contributed by atoms with Gasteiger partial charge >= 0.3 is 0 Å². The molecule has 0 amide bonds. The van der Waals surface area contributed by atoms with Crippen LogP contribution in [0.2, 0.25) is 0 Å². The van der Waals surface area contributed by atoms with Crippen molar-refractivity contribution in [2.75, 3.05) is 14.2 Å². The van der Waals surface area contributed by atoms with E-state index in [2.05, 4.69) is 0 Å². The summed E-state index contributed by atoms with van der Waals surface area (Å²) >= 11 is 0. The topological polar surface area (TPSA) is 79.2 Å². The third-order valence-electron chi connectivity index (χ3n) is 5.60. The summed E-state index contributed by atoms with van der Waals surface area (Å²) in [6.45, 7) is 4.00. The molecule has 2 aromatic rings. The fraction of sp³-hybridized carbons (Fsp3) is 0.500. The van der Waals surface area contributed by atoms with E-state index in [0.717, 1.165) is 43.2 Å². The van der Waals surface area contributed by atoms with E-state index in [4.69, 9.17) is 9.47 Å². The van der Waals surface area contributed by atoms with Crippen LogP contribution in [0.3, 0.4) is 0 Å². The van der Waals surface area contributed by atoms with E-state index in [0.29, 0.717) is 11.5 Å². The predicted octanol–water partition coefficient (Wildman–Crippen LogP) is 4.70. The molecule has 2 aromatic carbocycles. The zero-order valence-corrected chi connectivity index (χ0v) is 17.9. The Labute approximate surface area is 173 Å². The Balaban J connectivity index is 0.00000145. The molecule has 3 N–H and O–H groups in total. The molecule has 5 nitrogen and oxygen atoms in total. The minimum atomic E-state index is -0.390. The molecule has 2 atom stereocenters. The second-order valence-electron chi connectivity index (χ2n) is 7.36. The first-order valence-electron chi connectivity index (χ1n) is 10.4. The maximum Gasteiger partial charge on any atom is 0.160 e. The van der Waals surface area contributed by atoms with Crippen LogP contribution in [0.5, 0.6) is 23.0 Å². The highest BCUT2D eigenvalue weighted by atomic mass is 16.5. The number of methoxy groups -OCH3 is 2. The van der Waals surface area contributed by atoms with Gasteiger partial charge in [-0.3, -0.25) is 0 Å². The standard InChI is InChI=1S/C22H28O5.C2H6/c1-26-20-12-14(6-8-18(20)23)10-16-4-3-5-17(22(16)25)11-15-7-9-19(24)21(13-15)27-2;1-2/h6-9,12-13,16-17,22-25H,3-5,10-11H2,1-2H3;1-2H3. The van der Waals surface area contributed by atoms with Crippen LogP contribution < -0.4 is 9.47 Å². The van der Waals surface area contributed by atoms with E-state index in [9.17, 15) is 15.3 Å². The molecule has 1 fully saturated rings. The van der Waals surface area contributed by atoms with Gasteiger partial charge in [0.2, 0.25) is 0 Å². The molecule has 2 unspecified atom stereocenters. The zero-order valence-electron chi connectivity index (χ0n) is 17.9. The summed E-state index contributed by atoms with van der Waals surface area (Å²) in [7, 11) is 3.08. The lowest BCUT2D eigenvalue weighted by molar-refractivity contribution is 0.0176. The number of aliphatic hydroxyl groups is 1. The summed E-state index contributed by atoms with van der Waals surface area (Å²) in [5.74, 6) is 1.54. The van der Waals surface area contributed by atoms with Crippen LogP contribution >= 0.6 is 0 Å². The summed E-state index contributed by atoms with van der Waals surface area (Å²) < 4.78 is 10.4. The van der Waals surface area contributed by atoms with Gasteiger partial charge < -0.3 is 24.8 Å². The number of hydrogen-bond acceptors (Lipinski definition) is 5. The molecule has 0 heterocycles. The maximum absolute atomic E-state index is 11.0. The predicted molar refractivity (Wildman–Crippen MR) is 115 cm³/mol. The molecule has 1 aliphatic carbocycles. The van der Waals surface area contributed by atoms with Crippen molar-refractivity contribution in [1.82, 2.24) is 0 Å². The summed E-state index contributed by atoms with van der Waals surface area (Å²) in [6, 6.07) is 10.7. The molecule has 0 aliphatic heterocycles. The van der Waals surface area contributed by atoms with Crippen LogP contribution in [0, 0.1) is 11.8 Å². The van der Waals surface area contributed by atoms with Gasteiger partial charge in [0.25, 0.3) is 0 Å². The van der Waals surface area contributed by atoms with Gasteiger partial charge in [0.15, 0.2) is 23.0 Å². The fourth-order valence-corrected chi connectivity index (χ4v) is 4.12. The lowest BCUT2D eigenvalue weighted by Crippen LogP contribution is -2.35. The number of ether oxygens (including phenoxy) is 2. The molecular weight excluding hydrogens is 368 g/mol. The SMILES string of the molecule is CC.COc1cc(CC2CCCC(Cc3ccc(O)c(OC)c3)C2O)ccc1O. The highest BCUT2D eigenvalue weighted by molar-refractivity contribution is 5.42. The highest BCUT2D eigenvalue weighted by Crippen LogP contribution is 2.36. The summed E-state index contributed by atoms with van der Waals surface area (Å²) in [5.41, 5.74) is 2.11. The van der Waals surface area contributed by atoms with Gasteiger partial charge in [0.1, 0.15) is 0 Å². The first-order valence-corrected chi connectivity index (χ1v) is 10.4. The second-order valence-corrected chi connectivity index (χ2v) is 7.36. The van der Waals surface area contributed by atoms with Gasteiger partial charge in [-0.1, -0.05) is 32.4 Å². The normalized spacial score (nSPS) is 21.1. The Morgan fingerprint density at radius 1 is 0.793 bits per heavy atom. The highest BCUT2D eigenvalue weighted by Gasteiger charge is 2.32. The van der Waals surface area contributed by atoms with Crippen LogP contribution in [0.15, 0.2) is 36.4 Å². The van der Waals surface area contributed by atoms with E-state index in [1.807, 2.05) is 38.1 Å². The van der Waals surface area contributed by atoms with Crippen molar-refractivity contribution in [1.29, 1.82) is 0 Å². The van der Waals surface area contributed by atoms with Crippen molar-refractivity contribution in [3.63, 3.8) is 0 Å². The van der Waals surface area contributed by atoms with E-state index in [-0.39, 0.29) is 23.3 Å². The van der Waals surface area contributed by atoms with Crippen molar-refractivity contribution in [2.24, 2.45) is 11.8 Å². The van der Waals surface area contributed by atoms with Crippen molar-refractivity contribution in [3.8, 4) is 23.0 Å². The Morgan fingerprint density at radius 3 is 1.59 bits per heavy atom. The van der Waals surface area contributed by atoms with Crippen molar-refractivity contribution >= 4 is 0 Å². The number of aliphatic hydroxyl groups excluding tert-OH is 1. The number of phenolic OH excluding ortho intramolecular Hbond substituents is 2. The Morgan fingerprint density at radius 2 is 1.21 bits per heavy atom. The quantitative estimate of drug-likeness (QED) is 0.652. The van der Waals surface area contributed by atoms with Gasteiger partial charge in [0.05, 0.1) is 20.3 Å². The molecule has 0 radical (unpaired) electrons. The third-order valence-corrected chi connectivity index (χ3v) is 5.60. The van der Waals surface area contributed by atoms with Gasteiger partial charge in [-0.2, -0.15) is 0 Å². The van der Waals surface area contributed by atoms with Crippen LogP contribution in [0.1, 0.15) is 44.2 Å². The molecule has 0 bridgehead atoms. The van der Waals surface area contributed by atoms with Gasteiger partial charge in [-0.15, -0.1) is 0 Å². The third kappa shape index (κ3) is 5.80. The van der Waals surface area contributed by atoms with E-state index in [1.165, 1.54) is 14.2 Å². The lowest BCUT2D eigenvalue weighted by Gasteiger charge is -2.35. The molecule has 160 valence electrons. The second kappa shape index (κ2) is 11.0. The minimum absolute atomic E-state index is 0.129. The van der Waals surface area contributed by atoms with E-state index < -0.39 is 6.10 Å². The first kappa shape index (κ1) is 22.9. The van der Waals surface area contributed by atoms with Crippen molar-refractivity contribution in [3.05, 3.63) is 47.5 Å². The van der Waals surface area contributed by atoms with Crippen molar-refractivity contribution < 1.29 is 24.8 Å². The fourth-order valence-electron chi connectivity index (χ4n) is 4.12. The van der Waals surface area contributed by atoms with Crippen LogP contribution in [-0.4, -0.2) is 35.6 Å².